The summed E-state index contributed by atoms with van der Waals surface area (Å²) in [6.45, 7) is 8.87. The van der Waals surface area contributed by atoms with E-state index in [4.69, 9.17) is 29.4 Å². The first-order valence-electron chi connectivity index (χ1n) is 20.2. The van der Waals surface area contributed by atoms with Gasteiger partial charge in [0.05, 0.1) is 69.6 Å². The molecular formula is C42H60N8O8. The Morgan fingerprint density at radius 2 is 1.38 bits per heavy atom. The molecular weight excluding hydrogens is 745 g/mol. The molecule has 2 amide bonds. The fourth-order valence-corrected chi connectivity index (χ4v) is 5.81. The molecule has 0 spiro atoms. The molecule has 0 aliphatic heterocycles. The summed E-state index contributed by atoms with van der Waals surface area (Å²) in [5.41, 5.74) is 9.94. The number of amides is 2. The van der Waals surface area contributed by atoms with Gasteiger partial charge in [-0.15, -0.1) is 5.11 Å². The van der Waals surface area contributed by atoms with Crippen LogP contribution in [0.15, 0.2) is 77.0 Å². The Hall–Kier alpha value is -4.81. The highest BCUT2D eigenvalue weighted by molar-refractivity contribution is 5.94. The first-order valence-corrected chi connectivity index (χ1v) is 20.2. The van der Waals surface area contributed by atoms with Crippen LogP contribution < -0.4 is 21.7 Å². The number of azo groups is 1. The summed E-state index contributed by atoms with van der Waals surface area (Å²) in [6, 6.07) is 19.8. The molecule has 316 valence electrons. The Bertz CT molecular complexity index is 1770. The quantitative estimate of drug-likeness (QED) is 0.0238. The summed E-state index contributed by atoms with van der Waals surface area (Å²) >= 11 is 0. The van der Waals surface area contributed by atoms with Crippen LogP contribution in [0.4, 0.5) is 17.3 Å². The van der Waals surface area contributed by atoms with E-state index in [0.29, 0.717) is 121 Å². The topological polar surface area (TPSA) is 205 Å². The van der Waals surface area contributed by atoms with Crippen LogP contribution in [-0.4, -0.2) is 119 Å². The van der Waals surface area contributed by atoms with E-state index in [0.717, 1.165) is 61.9 Å². The zero-order valence-corrected chi connectivity index (χ0v) is 33.4. The van der Waals surface area contributed by atoms with Crippen molar-refractivity contribution in [2.45, 2.75) is 45.1 Å². The summed E-state index contributed by atoms with van der Waals surface area (Å²) in [7, 11) is 0. The average Bonchev–Trinajstić information content (AvgIpc) is 3.59. The molecule has 0 atom stereocenters. The number of hydrogen-bond donors (Lipinski definition) is 5. The van der Waals surface area contributed by atoms with Gasteiger partial charge in [0, 0.05) is 31.9 Å². The molecule has 0 radical (unpaired) electrons. The highest BCUT2D eigenvalue weighted by atomic mass is 16.6. The van der Waals surface area contributed by atoms with Gasteiger partial charge in [0.1, 0.15) is 11.4 Å². The number of ether oxygens (including phenoxy) is 5. The molecule has 6 N–H and O–H groups in total. The molecule has 3 aromatic carbocycles. The van der Waals surface area contributed by atoms with Crippen molar-refractivity contribution >= 4 is 40.7 Å². The maximum absolute atomic E-state index is 12.5. The molecule has 58 heavy (non-hydrogen) atoms. The van der Waals surface area contributed by atoms with Crippen molar-refractivity contribution in [1.29, 1.82) is 0 Å². The fraction of sp³-hybridized carbons (Fsp3) is 0.500. The number of rotatable bonds is 33. The standard InChI is InChI=1S/C42H60N8O8/c43-17-16-34-10-15-40(52)38(32-34)49-48-36-13-11-35(12-14-36)41(53)45-20-7-23-55-25-27-57-29-31-58-30-28-56-26-24-54-22-6-19-44-18-4-1-5-21-50-39-9-3-2-8-37(39)47-42(50)46-33-51/h2-3,8-15,32-33,44,52H,1,4-7,16-31,43H2,(H,45,53)(H,46,47,51)/b49-48+. The van der Waals surface area contributed by atoms with Crippen molar-refractivity contribution in [1.82, 2.24) is 20.2 Å². The summed E-state index contributed by atoms with van der Waals surface area (Å²) in [5.74, 6) is 0.453. The Morgan fingerprint density at radius 1 is 0.741 bits per heavy atom. The minimum atomic E-state index is -0.181. The van der Waals surface area contributed by atoms with Crippen molar-refractivity contribution in [2.75, 3.05) is 97.6 Å². The molecule has 0 aliphatic rings. The number of carbonyl (C=O) groups is 2. The highest BCUT2D eigenvalue weighted by Gasteiger charge is 2.10. The molecule has 16 heteroatoms. The lowest BCUT2D eigenvalue weighted by atomic mass is 10.1. The number of aryl methyl sites for hydroxylation is 1. The summed E-state index contributed by atoms with van der Waals surface area (Å²) in [4.78, 5) is 27.9. The third kappa shape index (κ3) is 17.8. The van der Waals surface area contributed by atoms with Crippen LogP contribution in [0.2, 0.25) is 0 Å². The van der Waals surface area contributed by atoms with Gasteiger partial charge in [-0.1, -0.05) is 24.6 Å². The highest BCUT2D eigenvalue weighted by Crippen LogP contribution is 2.29. The number of para-hydroxylation sites is 2. The number of imidazole rings is 1. The monoisotopic (exact) mass is 804 g/mol. The zero-order chi connectivity index (χ0) is 40.9. The van der Waals surface area contributed by atoms with Gasteiger partial charge in [-0.05, 0) is 106 Å². The van der Waals surface area contributed by atoms with Crippen molar-refractivity contribution in [3.8, 4) is 5.75 Å². The van der Waals surface area contributed by atoms with Crippen molar-refractivity contribution in [3.05, 3.63) is 77.9 Å². The third-order valence-corrected chi connectivity index (χ3v) is 8.83. The summed E-state index contributed by atoms with van der Waals surface area (Å²) in [6.07, 6.45) is 6.16. The van der Waals surface area contributed by atoms with E-state index in [1.54, 1.807) is 42.5 Å². The Kier molecular flexibility index (Phi) is 22.6. The number of fused-ring (bicyclic) bond motifs is 1. The number of phenols is 1. The maximum atomic E-state index is 12.5. The van der Waals surface area contributed by atoms with Gasteiger partial charge >= 0.3 is 0 Å². The molecule has 0 saturated heterocycles. The number of phenolic OH excluding ortho intramolecular Hbond substituents is 1. The van der Waals surface area contributed by atoms with E-state index in [9.17, 15) is 14.7 Å². The second-order valence-electron chi connectivity index (χ2n) is 13.3. The van der Waals surface area contributed by atoms with Crippen LogP contribution in [0.25, 0.3) is 11.0 Å². The van der Waals surface area contributed by atoms with Gasteiger partial charge in [0.15, 0.2) is 0 Å². The number of carbonyl (C=O) groups excluding carboxylic acids is 2. The van der Waals surface area contributed by atoms with Gasteiger partial charge < -0.3 is 49.7 Å². The molecule has 0 bridgehead atoms. The van der Waals surface area contributed by atoms with Gasteiger partial charge in [-0.3, -0.25) is 14.9 Å². The maximum Gasteiger partial charge on any atom is 0.251 e. The molecule has 0 fully saturated rings. The first-order chi connectivity index (χ1) is 28.6. The predicted molar refractivity (Wildman–Crippen MR) is 223 cm³/mol. The van der Waals surface area contributed by atoms with Gasteiger partial charge in [-0.25, -0.2) is 4.98 Å². The zero-order valence-electron chi connectivity index (χ0n) is 33.4. The van der Waals surface area contributed by atoms with Crippen LogP contribution >= 0.6 is 0 Å². The van der Waals surface area contributed by atoms with Crippen molar-refractivity contribution in [2.24, 2.45) is 16.0 Å². The van der Waals surface area contributed by atoms with Gasteiger partial charge in [0.2, 0.25) is 12.4 Å². The van der Waals surface area contributed by atoms with E-state index < -0.39 is 0 Å². The summed E-state index contributed by atoms with van der Waals surface area (Å²) in [5, 5.41) is 27.4. The van der Waals surface area contributed by atoms with Gasteiger partial charge in [0.25, 0.3) is 5.91 Å². The number of nitrogens with two attached hydrogens (primary N) is 1. The third-order valence-electron chi connectivity index (χ3n) is 8.83. The number of nitrogens with one attached hydrogen (secondary N) is 3. The van der Waals surface area contributed by atoms with Crippen LogP contribution in [0.1, 0.15) is 48.0 Å². The Labute approximate surface area is 340 Å². The fourth-order valence-electron chi connectivity index (χ4n) is 5.81. The Balaban J connectivity index is 0.854. The van der Waals surface area contributed by atoms with Crippen LogP contribution in [0, 0.1) is 0 Å². The number of hydrogen-bond acceptors (Lipinski definition) is 13. The Morgan fingerprint density at radius 3 is 2.05 bits per heavy atom. The minimum absolute atomic E-state index is 0.0393. The lowest BCUT2D eigenvalue weighted by Crippen LogP contribution is -2.25. The SMILES string of the molecule is NCCc1ccc(O)c(/N=N/c2ccc(C(=O)NCCCOCCOCCOCCOCCOCCCNCCCCCn3c(NC=O)nc4ccccc43)cc2)c1. The number of nitrogens with zero attached hydrogens (tertiary/aromatic N) is 4. The molecule has 1 heterocycles. The van der Waals surface area contributed by atoms with E-state index in [2.05, 4.69) is 35.7 Å². The normalized spacial score (nSPS) is 11.5. The predicted octanol–water partition coefficient (Wildman–Crippen LogP) is 5.28. The van der Waals surface area contributed by atoms with Crippen molar-refractivity contribution < 1.29 is 38.4 Å². The second kappa shape index (κ2) is 28.6. The molecule has 1 aromatic heterocycles. The second-order valence-corrected chi connectivity index (χ2v) is 13.3. The molecule has 16 nitrogen and oxygen atoms in total. The minimum Gasteiger partial charge on any atom is -0.506 e. The lowest BCUT2D eigenvalue weighted by Gasteiger charge is -2.09. The number of aromatic hydroxyl groups is 1. The number of anilines is 1. The molecule has 4 rings (SSSR count). The van der Waals surface area contributed by atoms with E-state index in [1.807, 2.05) is 24.3 Å². The van der Waals surface area contributed by atoms with Crippen LogP contribution in [0.5, 0.6) is 5.75 Å². The molecule has 0 aliphatic carbocycles. The number of unbranched alkanes of at least 4 members (excludes halogenated alkanes) is 2. The number of benzene rings is 3. The van der Waals surface area contributed by atoms with Gasteiger partial charge in [-0.2, -0.15) is 5.11 Å². The van der Waals surface area contributed by atoms with E-state index in [-0.39, 0.29) is 11.7 Å². The smallest absolute Gasteiger partial charge is 0.251 e. The van der Waals surface area contributed by atoms with Crippen LogP contribution in [-0.2, 0) is 41.4 Å². The molecule has 4 aromatic rings. The van der Waals surface area contributed by atoms with Crippen molar-refractivity contribution in [3.63, 3.8) is 0 Å². The van der Waals surface area contributed by atoms with Crippen LogP contribution in [0.3, 0.4) is 0 Å². The number of aromatic nitrogens is 2. The van der Waals surface area contributed by atoms with E-state index in [1.165, 1.54) is 0 Å². The molecule has 0 saturated carbocycles. The van der Waals surface area contributed by atoms with E-state index >= 15 is 0 Å². The lowest BCUT2D eigenvalue weighted by molar-refractivity contribution is -0.105. The first kappa shape index (κ1) is 45.9. The molecule has 0 unspecified atom stereocenters. The summed E-state index contributed by atoms with van der Waals surface area (Å²) < 4.78 is 29.9. The average molecular weight is 805 g/mol. The largest absolute Gasteiger partial charge is 0.506 e.